The summed E-state index contributed by atoms with van der Waals surface area (Å²) in [5.41, 5.74) is 1.68. The van der Waals surface area contributed by atoms with E-state index in [1.165, 1.54) is 11.3 Å². The number of aromatic nitrogens is 3. The third kappa shape index (κ3) is 2.89. The maximum atomic E-state index is 12.8. The van der Waals surface area contributed by atoms with Gasteiger partial charge < -0.3 is 4.52 Å². The quantitative estimate of drug-likeness (QED) is 0.684. The summed E-state index contributed by atoms with van der Waals surface area (Å²) in [4.78, 5) is 21.3. The Morgan fingerprint density at radius 2 is 2.09 bits per heavy atom. The first-order valence-corrected chi connectivity index (χ1v) is 7.73. The van der Waals surface area contributed by atoms with Gasteiger partial charge >= 0.3 is 0 Å². The average Bonchev–Trinajstić information content (AvgIpc) is 3.17. The van der Waals surface area contributed by atoms with Crippen LogP contribution < -0.4 is 0 Å². The lowest BCUT2D eigenvalue weighted by Crippen LogP contribution is -2.12. The molecule has 0 aliphatic heterocycles. The van der Waals surface area contributed by atoms with Gasteiger partial charge in [0.25, 0.3) is 5.89 Å². The lowest BCUT2D eigenvalue weighted by molar-refractivity contribution is 0.0979. The van der Waals surface area contributed by atoms with Gasteiger partial charge in [-0.2, -0.15) is 10.2 Å². The third-order valence-electron chi connectivity index (χ3n) is 3.23. The van der Waals surface area contributed by atoms with Crippen LogP contribution in [0, 0.1) is 25.2 Å². The van der Waals surface area contributed by atoms with E-state index in [-0.39, 0.29) is 11.7 Å². The summed E-state index contributed by atoms with van der Waals surface area (Å²) in [6.45, 7) is 3.53. The van der Waals surface area contributed by atoms with Crippen molar-refractivity contribution in [2.75, 3.05) is 0 Å². The number of thiazole rings is 1. The molecule has 0 fully saturated rings. The fourth-order valence-corrected chi connectivity index (χ4v) is 3.01. The first kappa shape index (κ1) is 15.1. The van der Waals surface area contributed by atoms with Crippen molar-refractivity contribution >= 4 is 17.1 Å². The fraction of sp³-hybridized carbons (Fsp3) is 0.188. The molecule has 2 aromatic heterocycles. The Kier molecular flexibility index (Phi) is 4.00. The minimum atomic E-state index is -0.945. The van der Waals surface area contributed by atoms with Crippen molar-refractivity contribution in [3.63, 3.8) is 0 Å². The molecule has 0 aliphatic carbocycles. The van der Waals surface area contributed by atoms with Gasteiger partial charge in [0.15, 0.2) is 17.5 Å². The van der Waals surface area contributed by atoms with E-state index in [0.29, 0.717) is 22.0 Å². The summed E-state index contributed by atoms with van der Waals surface area (Å²) >= 11 is 1.31. The molecular formula is C16H12N4O2S. The molecular weight excluding hydrogens is 312 g/mol. The van der Waals surface area contributed by atoms with Crippen LogP contribution in [0.2, 0.25) is 0 Å². The van der Waals surface area contributed by atoms with Crippen LogP contribution in [-0.4, -0.2) is 20.9 Å². The molecule has 0 aliphatic rings. The molecule has 114 valence electrons. The van der Waals surface area contributed by atoms with Gasteiger partial charge in [-0.1, -0.05) is 23.4 Å². The van der Waals surface area contributed by atoms with E-state index in [4.69, 9.17) is 4.52 Å². The summed E-state index contributed by atoms with van der Waals surface area (Å²) in [6, 6.07) is 8.94. The molecule has 0 amide bonds. The number of nitrogens with zero attached hydrogens (tertiary/aromatic N) is 4. The molecule has 0 bridgehead atoms. The number of Topliss-reactive ketones (excluding diaryl/α,β-unsaturated/α-hetero) is 1. The zero-order chi connectivity index (χ0) is 16.4. The largest absolute Gasteiger partial charge is 0.334 e. The number of carbonyl (C=O) groups excluding carboxylic acids is 1. The molecule has 0 saturated carbocycles. The van der Waals surface area contributed by atoms with Gasteiger partial charge in [-0.25, -0.2) is 4.98 Å². The molecule has 3 rings (SSSR count). The van der Waals surface area contributed by atoms with Gasteiger partial charge in [-0.3, -0.25) is 4.79 Å². The van der Waals surface area contributed by atoms with Crippen molar-refractivity contribution in [2.45, 2.75) is 19.8 Å². The van der Waals surface area contributed by atoms with Gasteiger partial charge in [-0.15, -0.1) is 11.3 Å². The zero-order valence-electron chi connectivity index (χ0n) is 12.5. The maximum Gasteiger partial charge on any atom is 0.258 e. The average molecular weight is 324 g/mol. The SMILES string of the molecule is Cc1csc(C(C#N)C(=O)c2ccccc2-c2nc(C)no2)n1. The summed E-state index contributed by atoms with van der Waals surface area (Å²) in [6.07, 6.45) is 0. The number of hydrogen-bond acceptors (Lipinski definition) is 7. The number of hydrogen-bond donors (Lipinski definition) is 0. The van der Waals surface area contributed by atoms with Gasteiger partial charge in [0, 0.05) is 16.6 Å². The Bertz CT molecular complexity index is 907. The standard InChI is InChI=1S/C16H12N4O2S/c1-9-8-23-16(18-9)13(7-17)14(21)11-5-3-4-6-12(11)15-19-10(2)20-22-15/h3-6,8,13H,1-2H3. The third-order valence-corrected chi connectivity index (χ3v) is 4.25. The van der Waals surface area contributed by atoms with Crippen LogP contribution in [0.4, 0.5) is 0 Å². The molecule has 1 atom stereocenters. The summed E-state index contributed by atoms with van der Waals surface area (Å²) in [7, 11) is 0. The highest BCUT2D eigenvalue weighted by atomic mass is 32.1. The van der Waals surface area contributed by atoms with Crippen LogP contribution in [0.3, 0.4) is 0 Å². The van der Waals surface area contributed by atoms with Crippen LogP contribution >= 0.6 is 11.3 Å². The monoisotopic (exact) mass is 324 g/mol. The first-order valence-electron chi connectivity index (χ1n) is 6.85. The van der Waals surface area contributed by atoms with Crippen LogP contribution in [0.15, 0.2) is 34.2 Å². The number of benzene rings is 1. The van der Waals surface area contributed by atoms with E-state index in [0.717, 1.165) is 5.69 Å². The van der Waals surface area contributed by atoms with Crippen molar-refractivity contribution in [1.82, 2.24) is 15.1 Å². The number of aryl methyl sites for hydroxylation is 2. The normalized spacial score (nSPS) is 11.9. The highest BCUT2D eigenvalue weighted by Crippen LogP contribution is 2.29. The van der Waals surface area contributed by atoms with E-state index < -0.39 is 5.92 Å². The molecule has 1 aromatic carbocycles. The van der Waals surface area contributed by atoms with Gasteiger partial charge in [0.1, 0.15) is 5.01 Å². The molecule has 3 aromatic rings. The maximum absolute atomic E-state index is 12.8. The molecule has 6 nitrogen and oxygen atoms in total. The fourth-order valence-electron chi connectivity index (χ4n) is 2.18. The Hall–Kier alpha value is -2.85. The number of rotatable bonds is 4. The minimum Gasteiger partial charge on any atom is -0.334 e. The smallest absolute Gasteiger partial charge is 0.258 e. The summed E-state index contributed by atoms with van der Waals surface area (Å²) < 4.78 is 5.16. The van der Waals surface area contributed by atoms with E-state index in [2.05, 4.69) is 15.1 Å². The van der Waals surface area contributed by atoms with Gasteiger partial charge in [0.2, 0.25) is 0 Å². The minimum absolute atomic E-state index is 0.262. The molecule has 0 N–H and O–H groups in total. The number of nitriles is 1. The molecule has 0 saturated heterocycles. The molecule has 0 spiro atoms. The highest BCUT2D eigenvalue weighted by Gasteiger charge is 2.27. The Morgan fingerprint density at radius 1 is 1.30 bits per heavy atom. The first-order chi connectivity index (χ1) is 11.1. The van der Waals surface area contributed by atoms with Crippen LogP contribution in [-0.2, 0) is 0 Å². The molecule has 2 heterocycles. The topological polar surface area (TPSA) is 92.7 Å². The van der Waals surface area contributed by atoms with E-state index in [1.54, 1.807) is 31.2 Å². The molecule has 1 unspecified atom stereocenters. The molecule has 0 radical (unpaired) electrons. The predicted molar refractivity (Wildman–Crippen MR) is 84.0 cm³/mol. The second-order valence-corrected chi connectivity index (χ2v) is 5.84. The second-order valence-electron chi connectivity index (χ2n) is 4.95. The van der Waals surface area contributed by atoms with Crippen molar-refractivity contribution in [3.05, 3.63) is 51.7 Å². The van der Waals surface area contributed by atoms with E-state index >= 15 is 0 Å². The van der Waals surface area contributed by atoms with Crippen LogP contribution in [0.1, 0.15) is 32.8 Å². The van der Waals surface area contributed by atoms with Crippen LogP contribution in [0.25, 0.3) is 11.5 Å². The van der Waals surface area contributed by atoms with Gasteiger partial charge in [-0.05, 0) is 19.9 Å². The predicted octanol–water partition coefficient (Wildman–Crippen LogP) is 3.30. The highest BCUT2D eigenvalue weighted by molar-refractivity contribution is 7.10. The van der Waals surface area contributed by atoms with Crippen molar-refractivity contribution < 1.29 is 9.32 Å². The lowest BCUT2D eigenvalue weighted by Gasteiger charge is -2.08. The van der Waals surface area contributed by atoms with E-state index in [9.17, 15) is 10.1 Å². The Labute approximate surface area is 136 Å². The van der Waals surface area contributed by atoms with Crippen molar-refractivity contribution in [1.29, 1.82) is 5.26 Å². The number of ketones is 1. The Morgan fingerprint density at radius 3 is 2.70 bits per heavy atom. The van der Waals surface area contributed by atoms with Crippen molar-refractivity contribution in [3.8, 4) is 17.5 Å². The van der Waals surface area contributed by atoms with Crippen LogP contribution in [0.5, 0.6) is 0 Å². The van der Waals surface area contributed by atoms with Crippen molar-refractivity contribution in [2.24, 2.45) is 0 Å². The zero-order valence-corrected chi connectivity index (χ0v) is 13.3. The van der Waals surface area contributed by atoms with E-state index in [1.807, 2.05) is 18.4 Å². The summed E-state index contributed by atoms with van der Waals surface area (Å²) in [5, 5.41) is 15.5. The van der Waals surface area contributed by atoms with Gasteiger partial charge in [0.05, 0.1) is 11.6 Å². The lowest BCUT2D eigenvalue weighted by atomic mass is 9.95. The molecule has 7 heteroatoms. The summed E-state index contributed by atoms with van der Waals surface area (Å²) in [5.74, 6) is -0.528. The number of carbonyl (C=O) groups is 1. The Balaban J connectivity index is 2.04. The second kappa shape index (κ2) is 6.10. The molecule has 23 heavy (non-hydrogen) atoms.